The van der Waals surface area contributed by atoms with Crippen LogP contribution < -0.4 is 5.11 Å². The van der Waals surface area contributed by atoms with E-state index >= 15 is 0 Å². The molecule has 0 bridgehead atoms. The molecule has 4 heteroatoms. The number of carboxylic acids is 1. The summed E-state index contributed by atoms with van der Waals surface area (Å²) in [6.45, 7) is 4.92. The number of aliphatic carboxylic acids is 1. The van der Waals surface area contributed by atoms with Gasteiger partial charge in [-0.3, -0.25) is 0 Å². The largest absolute Gasteiger partial charge is 0.550 e. The van der Waals surface area contributed by atoms with Gasteiger partial charge in [0.15, 0.2) is 0 Å². The van der Waals surface area contributed by atoms with Gasteiger partial charge in [-0.1, -0.05) is 77.6 Å². The predicted octanol–water partition coefficient (Wildman–Crippen LogP) is 6.04. The van der Waals surface area contributed by atoms with Gasteiger partial charge < -0.3 is 14.4 Å². The minimum Gasteiger partial charge on any atom is -0.550 e. The Hall–Kier alpha value is -0.0900. The van der Waals surface area contributed by atoms with Crippen molar-refractivity contribution >= 4 is 23.0 Å². The van der Waals surface area contributed by atoms with Gasteiger partial charge >= 0.3 is 0 Å². The first kappa shape index (κ1) is 29.1. The zero-order chi connectivity index (χ0) is 19.5. The number of unbranched alkanes of at least 4 members (excludes halogenated alkanes) is 14. The molecular formula is C23H48BrNO2. The number of carboxylic acid groups (broad SMARTS) is 1. The lowest BCUT2D eigenvalue weighted by atomic mass is 10.1. The fraction of sp³-hybridized carbons (Fsp3) is 0.957. The summed E-state index contributed by atoms with van der Waals surface area (Å²) in [6.07, 6.45) is 21.1. The van der Waals surface area contributed by atoms with Crippen LogP contribution in [-0.2, 0) is 4.79 Å². The van der Waals surface area contributed by atoms with E-state index in [1.165, 1.54) is 107 Å². The Morgan fingerprint density at radius 3 is 1.33 bits per heavy atom. The van der Waals surface area contributed by atoms with E-state index in [-0.39, 0.29) is 23.4 Å². The Morgan fingerprint density at radius 1 is 0.630 bits per heavy atom. The molecule has 0 saturated carbocycles. The molecule has 0 aliphatic heterocycles. The number of rotatable bonds is 20. The Labute approximate surface area is 180 Å². The van der Waals surface area contributed by atoms with Gasteiger partial charge in [-0.25, -0.2) is 0 Å². The maximum Gasteiger partial charge on any atom is 0.0782 e. The minimum atomic E-state index is -0.905. The molecule has 0 aromatic rings. The van der Waals surface area contributed by atoms with Crippen molar-refractivity contribution in [1.82, 2.24) is 0 Å². The van der Waals surface area contributed by atoms with Crippen LogP contribution in [0.3, 0.4) is 0 Å². The lowest BCUT2D eigenvalue weighted by Crippen LogP contribution is -2.41. The second-order valence-electron chi connectivity index (χ2n) is 8.81. The van der Waals surface area contributed by atoms with E-state index in [2.05, 4.69) is 21.0 Å². The van der Waals surface area contributed by atoms with Crippen LogP contribution in [0.5, 0.6) is 0 Å². The van der Waals surface area contributed by atoms with Crippen molar-refractivity contribution in [3.63, 3.8) is 0 Å². The van der Waals surface area contributed by atoms with Crippen LogP contribution in [0.1, 0.15) is 116 Å². The summed E-state index contributed by atoms with van der Waals surface area (Å²) >= 11 is 0. The summed E-state index contributed by atoms with van der Waals surface area (Å²) in [6, 6.07) is 0. The third-order valence-corrected chi connectivity index (χ3v) is 5.51. The van der Waals surface area contributed by atoms with E-state index in [9.17, 15) is 9.90 Å². The zero-order valence-electron chi connectivity index (χ0n) is 18.6. The van der Waals surface area contributed by atoms with Gasteiger partial charge in [0.1, 0.15) is 0 Å². The van der Waals surface area contributed by atoms with Crippen LogP contribution in [0, 0.1) is 0 Å². The summed E-state index contributed by atoms with van der Waals surface area (Å²) in [5.41, 5.74) is 0. The average molecular weight is 451 g/mol. The Balaban J connectivity index is 0. The Bertz CT molecular complexity index is 322. The van der Waals surface area contributed by atoms with Crippen molar-refractivity contribution in [3.8, 4) is 0 Å². The SMILES string of the molecule is Br.CCCCCCCCCC[N+](C)(C)CCCCCCCCCCC(=O)[O-]. The highest BCUT2D eigenvalue weighted by Crippen LogP contribution is 2.13. The standard InChI is InChI=1S/C23H47NO2.BrH/c1-4-5-6-7-8-12-15-18-21-24(2,3)22-19-16-13-10-9-11-14-17-20-23(25)26;/h4-22H2,1-3H3;1H. The first-order chi connectivity index (χ1) is 12.5. The number of halogens is 1. The molecular weight excluding hydrogens is 402 g/mol. The molecule has 0 heterocycles. The van der Waals surface area contributed by atoms with Crippen LogP contribution in [0.15, 0.2) is 0 Å². The fourth-order valence-electron chi connectivity index (χ4n) is 3.66. The smallest absolute Gasteiger partial charge is 0.0782 e. The number of nitrogens with zero attached hydrogens (tertiary/aromatic N) is 1. The number of hydrogen-bond donors (Lipinski definition) is 0. The average Bonchev–Trinajstić information content (AvgIpc) is 2.58. The summed E-state index contributed by atoms with van der Waals surface area (Å²) in [4.78, 5) is 10.3. The molecule has 0 saturated heterocycles. The van der Waals surface area contributed by atoms with Gasteiger partial charge in [0.05, 0.1) is 27.2 Å². The highest BCUT2D eigenvalue weighted by atomic mass is 79.9. The minimum absolute atomic E-state index is 0. The van der Waals surface area contributed by atoms with Crippen molar-refractivity contribution in [2.75, 3.05) is 27.2 Å². The molecule has 0 rings (SSSR count). The topological polar surface area (TPSA) is 40.1 Å². The normalized spacial score (nSPS) is 11.4. The molecule has 0 aliphatic carbocycles. The molecule has 0 N–H and O–H groups in total. The van der Waals surface area contributed by atoms with Crippen LogP contribution in [0.25, 0.3) is 0 Å². The summed E-state index contributed by atoms with van der Waals surface area (Å²) < 4.78 is 1.18. The molecule has 0 fully saturated rings. The van der Waals surface area contributed by atoms with E-state index in [4.69, 9.17) is 0 Å². The van der Waals surface area contributed by atoms with Crippen molar-refractivity contribution in [2.24, 2.45) is 0 Å². The molecule has 0 aromatic carbocycles. The highest BCUT2D eigenvalue weighted by Gasteiger charge is 2.13. The number of hydrogen-bond acceptors (Lipinski definition) is 2. The summed E-state index contributed by atoms with van der Waals surface area (Å²) in [5, 5.41) is 10.3. The van der Waals surface area contributed by atoms with Gasteiger partial charge in [0, 0.05) is 5.97 Å². The van der Waals surface area contributed by atoms with Crippen LogP contribution in [0.2, 0.25) is 0 Å². The number of carbonyl (C=O) groups is 1. The van der Waals surface area contributed by atoms with E-state index in [0.717, 1.165) is 12.8 Å². The molecule has 0 aromatic heterocycles. The van der Waals surface area contributed by atoms with Gasteiger partial charge in [-0.05, 0) is 38.5 Å². The van der Waals surface area contributed by atoms with Gasteiger partial charge in [0.2, 0.25) is 0 Å². The van der Waals surface area contributed by atoms with Crippen LogP contribution in [-0.4, -0.2) is 37.6 Å². The van der Waals surface area contributed by atoms with Crippen LogP contribution >= 0.6 is 17.0 Å². The van der Waals surface area contributed by atoms with E-state index in [1.807, 2.05) is 0 Å². The van der Waals surface area contributed by atoms with Crippen molar-refractivity contribution in [2.45, 2.75) is 116 Å². The predicted molar refractivity (Wildman–Crippen MR) is 121 cm³/mol. The molecule has 0 spiro atoms. The quantitative estimate of drug-likeness (QED) is 0.168. The molecule has 0 amide bonds. The Morgan fingerprint density at radius 2 is 0.963 bits per heavy atom. The fourth-order valence-corrected chi connectivity index (χ4v) is 3.66. The highest BCUT2D eigenvalue weighted by molar-refractivity contribution is 8.93. The Kier molecular flexibility index (Phi) is 22.3. The maximum atomic E-state index is 10.3. The number of carbonyl (C=O) groups excluding carboxylic acids is 1. The third-order valence-electron chi connectivity index (χ3n) is 5.51. The molecule has 3 nitrogen and oxygen atoms in total. The number of quaternary nitrogens is 1. The first-order valence-corrected chi connectivity index (χ1v) is 11.5. The van der Waals surface area contributed by atoms with Gasteiger partial charge in [0.25, 0.3) is 0 Å². The van der Waals surface area contributed by atoms with Crippen molar-refractivity contribution in [3.05, 3.63) is 0 Å². The summed E-state index contributed by atoms with van der Waals surface area (Å²) in [7, 11) is 4.77. The van der Waals surface area contributed by atoms with Crippen LogP contribution in [0.4, 0.5) is 0 Å². The molecule has 0 radical (unpaired) electrons. The van der Waals surface area contributed by atoms with Gasteiger partial charge in [-0.15, -0.1) is 17.0 Å². The lowest BCUT2D eigenvalue weighted by molar-refractivity contribution is -0.890. The zero-order valence-corrected chi connectivity index (χ0v) is 20.3. The van der Waals surface area contributed by atoms with E-state index in [1.54, 1.807) is 0 Å². The lowest BCUT2D eigenvalue weighted by Gasteiger charge is -2.30. The second kappa shape index (κ2) is 20.6. The second-order valence-corrected chi connectivity index (χ2v) is 8.81. The van der Waals surface area contributed by atoms with Crippen molar-refractivity contribution in [1.29, 1.82) is 0 Å². The van der Waals surface area contributed by atoms with Crippen molar-refractivity contribution < 1.29 is 14.4 Å². The van der Waals surface area contributed by atoms with Gasteiger partial charge in [-0.2, -0.15) is 0 Å². The molecule has 0 unspecified atom stereocenters. The maximum absolute atomic E-state index is 10.3. The monoisotopic (exact) mass is 449 g/mol. The molecule has 164 valence electrons. The van der Waals surface area contributed by atoms with E-state index in [0.29, 0.717) is 0 Å². The third kappa shape index (κ3) is 23.9. The van der Waals surface area contributed by atoms with E-state index < -0.39 is 5.97 Å². The first-order valence-electron chi connectivity index (χ1n) is 11.5. The summed E-state index contributed by atoms with van der Waals surface area (Å²) in [5.74, 6) is -0.905. The molecule has 27 heavy (non-hydrogen) atoms. The molecule has 0 aliphatic rings. The molecule has 0 atom stereocenters.